The van der Waals surface area contributed by atoms with E-state index in [4.69, 9.17) is 5.11 Å². The van der Waals surface area contributed by atoms with Crippen LogP contribution in [0, 0.1) is 0 Å². The van der Waals surface area contributed by atoms with Crippen LogP contribution in [-0.2, 0) is 4.79 Å². The Morgan fingerprint density at radius 3 is 2.88 bits per heavy atom. The summed E-state index contributed by atoms with van der Waals surface area (Å²) in [6.45, 7) is 1.77. The summed E-state index contributed by atoms with van der Waals surface area (Å²) in [6, 6.07) is 1.62. The number of amides is 1. The smallest absolute Gasteiger partial charge is 0.345 e. The number of hydrogen-bond acceptors (Lipinski definition) is 3. The van der Waals surface area contributed by atoms with Gasteiger partial charge in [-0.25, -0.2) is 9.79 Å². The summed E-state index contributed by atoms with van der Waals surface area (Å²) in [5.74, 6) is -1.27. The molecule has 0 aliphatic carbocycles. The third-order valence-electron chi connectivity index (χ3n) is 2.36. The Morgan fingerprint density at radius 1 is 1.56 bits per heavy atom. The Hall–Kier alpha value is -1.75. The van der Waals surface area contributed by atoms with E-state index in [0.29, 0.717) is 10.6 Å². The average Bonchev–Trinajstić information content (AvgIpc) is 2.66. The molecule has 1 aliphatic rings. The molecule has 1 N–H and O–H groups in total. The molecule has 0 aromatic carbocycles. The molecule has 1 aromatic heterocycles. The van der Waals surface area contributed by atoms with E-state index in [1.54, 1.807) is 24.4 Å². The second kappa shape index (κ2) is 4.02. The van der Waals surface area contributed by atoms with E-state index in [1.165, 1.54) is 17.4 Å². The third-order valence-corrected chi connectivity index (χ3v) is 3.29. The van der Waals surface area contributed by atoms with Crippen molar-refractivity contribution in [2.24, 2.45) is 4.99 Å². The van der Waals surface area contributed by atoms with Gasteiger partial charge in [0.15, 0.2) is 0 Å². The highest BCUT2D eigenvalue weighted by Crippen LogP contribution is 2.26. The van der Waals surface area contributed by atoms with E-state index in [-0.39, 0.29) is 11.8 Å². The molecule has 1 aromatic rings. The van der Waals surface area contributed by atoms with Crippen LogP contribution in [0.25, 0.3) is 0 Å². The second-order valence-corrected chi connectivity index (χ2v) is 4.39. The quantitative estimate of drug-likeness (QED) is 0.853. The molecule has 0 radical (unpaired) electrons. The molecule has 0 saturated heterocycles. The van der Waals surface area contributed by atoms with Crippen LogP contribution in [0.1, 0.15) is 28.1 Å². The molecule has 1 atom stereocenters. The fourth-order valence-corrected chi connectivity index (χ4v) is 2.36. The fourth-order valence-electron chi connectivity index (χ4n) is 1.58. The summed E-state index contributed by atoms with van der Waals surface area (Å²) >= 11 is 1.18. The molecule has 16 heavy (non-hydrogen) atoms. The molecule has 0 bridgehead atoms. The van der Waals surface area contributed by atoms with Crippen molar-refractivity contribution in [2.75, 3.05) is 0 Å². The van der Waals surface area contributed by atoms with Gasteiger partial charge < -0.3 is 5.11 Å². The Kier molecular flexibility index (Phi) is 2.70. The minimum absolute atomic E-state index is 0.0814. The SMILES string of the molecule is CC1=NC(=O)C=CC1c1csc(C(=O)O)c1. The van der Waals surface area contributed by atoms with E-state index in [2.05, 4.69) is 4.99 Å². The van der Waals surface area contributed by atoms with Gasteiger partial charge in [0, 0.05) is 17.7 Å². The number of nitrogens with zero attached hydrogens (tertiary/aromatic N) is 1. The number of hydrogen-bond donors (Lipinski definition) is 1. The number of carboxylic acids is 1. The standard InChI is InChI=1S/C11H9NO3S/c1-6-8(2-3-10(13)12-6)7-4-9(11(14)15)16-5-7/h2-5,8H,1H3,(H,14,15). The summed E-state index contributed by atoms with van der Waals surface area (Å²) < 4.78 is 0. The Morgan fingerprint density at radius 2 is 2.31 bits per heavy atom. The highest BCUT2D eigenvalue weighted by molar-refractivity contribution is 7.12. The van der Waals surface area contributed by atoms with Crippen LogP contribution in [0.5, 0.6) is 0 Å². The predicted octanol–water partition coefficient (Wildman–Crippen LogP) is 2.09. The molecular weight excluding hydrogens is 226 g/mol. The second-order valence-electron chi connectivity index (χ2n) is 3.48. The largest absolute Gasteiger partial charge is 0.477 e. The highest BCUT2D eigenvalue weighted by Gasteiger charge is 2.19. The Balaban J connectivity index is 2.31. The van der Waals surface area contributed by atoms with Gasteiger partial charge in [0.2, 0.25) is 0 Å². The van der Waals surface area contributed by atoms with Crippen LogP contribution in [-0.4, -0.2) is 22.7 Å². The molecular formula is C11H9NO3S. The normalized spacial score (nSPS) is 19.7. The van der Waals surface area contributed by atoms with Gasteiger partial charge in [-0.15, -0.1) is 11.3 Å². The lowest BCUT2D eigenvalue weighted by Crippen LogP contribution is -2.12. The molecule has 2 rings (SSSR count). The number of carbonyl (C=O) groups is 2. The maximum atomic E-state index is 11.0. The van der Waals surface area contributed by atoms with Gasteiger partial charge in [-0.2, -0.15) is 0 Å². The van der Waals surface area contributed by atoms with Gasteiger partial charge in [-0.05, 0) is 23.9 Å². The number of aromatic carboxylic acids is 1. The monoisotopic (exact) mass is 235 g/mol. The van der Waals surface area contributed by atoms with Crippen LogP contribution in [0.4, 0.5) is 0 Å². The van der Waals surface area contributed by atoms with Crippen molar-refractivity contribution in [1.29, 1.82) is 0 Å². The van der Waals surface area contributed by atoms with Crippen molar-refractivity contribution < 1.29 is 14.7 Å². The number of dihydropyridines is 1. The van der Waals surface area contributed by atoms with E-state index >= 15 is 0 Å². The molecule has 1 amide bonds. The van der Waals surface area contributed by atoms with Crippen molar-refractivity contribution in [3.63, 3.8) is 0 Å². The van der Waals surface area contributed by atoms with Crippen LogP contribution in [0.3, 0.4) is 0 Å². The zero-order valence-electron chi connectivity index (χ0n) is 8.51. The predicted molar refractivity (Wildman–Crippen MR) is 61.3 cm³/mol. The van der Waals surface area contributed by atoms with Crippen LogP contribution in [0.15, 0.2) is 28.6 Å². The van der Waals surface area contributed by atoms with Gasteiger partial charge in [0.05, 0.1) is 0 Å². The van der Waals surface area contributed by atoms with Crippen molar-refractivity contribution in [3.8, 4) is 0 Å². The van der Waals surface area contributed by atoms with Gasteiger partial charge in [0.1, 0.15) is 4.88 Å². The molecule has 1 aliphatic heterocycles. The van der Waals surface area contributed by atoms with Gasteiger partial charge in [-0.1, -0.05) is 6.08 Å². The molecule has 82 valence electrons. The number of carboxylic acid groups (broad SMARTS) is 1. The first-order valence-corrected chi connectivity index (χ1v) is 5.55. The Bertz CT molecular complexity index is 513. The van der Waals surface area contributed by atoms with E-state index in [9.17, 15) is 9.59 Å². The number of allylic oxidation sites excluding steroid dienone is 1. The fraction of sp³-hybridized carbons (Fsp3) is 0.182. The molecule has 5 heteroatoms. The molecule has 2 heterocycles. The zero-order valence-corrected chi connectivity index (χ0v) is 9.32. The Labute approximate surface area is 95.9 Å². The summed E-state index contributed by atoms with van der Waals surface area (Å²) in [5.41, 5.74) is 1.56. The van der Waals surface area contributed by atoms with Crippen molar-refractivity contribution >= 4 is 28.9 Å². The molecule has 1 unspecified atom stereocenters. The van der Waals surface area contributed by atoms with Crippen LogP contribution in [0.2, 0.25) is 0 Å². The lowest BCUT2D eigenvalue weighted by molar-refractivity contribution is -0.113. The summed E-state index contributed by atoms with van der Waals surface area (Å²) in [7, 11) is 0. The van der Waals surface area contributed by atoms with E-state index in [1.807, 2.05) is 0 Å². The zero-order chi connectivity index (χ0) is 11.7. The van der Waals surface area contributed by atoms with Crippen LogP contribution < -0.4 is 0 Å². The van der Waals surface area contributed by atoms with Gasteiger partial charge in [0.25, 0.3) is 5.91 Å². The van der Waals surface area contributed by atoms with Gasteiger partial charge in [-0.3, -0.25) is 4.79 Å². The molecule has 4 nitrogen and oxygen atoms in total. The first-order chi connectivity index (χ1) is 7.58. The van der Waals surface area contributed by atoms with Crippen molar-refractivity contribution in [1.82, 2.24) is 0 Å². The summed E-state index contributed by atoms with van der Waals surface area (Å²) in [6.07, 6.45) is 3.16. The van der Waals surface area contributed by atoms with Crippen molar-refractivity contribution in [3.05, 3.63) is 34.0 Å². The molecule has 0 fully saturated rings. The first-order valence-electron chi connectivity index (χ1n) is 4.67. The average molecular weight is 235 g/mol. The highest BCUT2D eigenvalue weighted by atomic mass is 32.1. The topological polar surface area (TPSA) is 66.7 Å². The van der Waals surface area contributed by atoms with E-state index in [0.717, 1.165) is 5.56 Å². The first kappa shape index (κ1) is 10.8. The number of thiophene rings is 1. The van der Waals surface area contributed by atoms with E-state index < -0.39 is 5.97 Å². The van der Waals surface area contributed by atoms with Crippen molar-refractivity contribution in [2.45, 2.75) is 12.8 Å². The van der Waals surface area contributed by atoms with Gasteiger partial charge >= 0.3 is 5.97 Å². The maximum absolute atomic E-state index is 11.0. The number of rotatable bonds is 2. The lowest BCUT2D eigenvalue weighted by atomic mass is 9.95. The molecule has 0 spiro atoms. The minimum Gasteiger partial charge on any atom is -0.477 e. The maximum Gasteiger partial charge on any atom is 0.345 e. The molecule has 0 saturated carbocycles. The lowest BCUT2D eigenvalue weighted by Gasteiger charge is -2.13. The third kappa shape index (κ3) is 1.94. The number of carbonyl (C=O) groups excluding carboxylic acids is 1. The number of aliphatic imine (C=N–C) groups is 1. The minimum atomic E-state index is -0.929. The summed E-state index contributed by atoms with van der Waals surface area (Å²) in [4.78, 5) is 25.9. The summed E-state index contributed by atoms with van der Waals surface area (Å²) in [5, 5.41) is 10.6. The van der Waals surface area contributed by atoms with Crippen LogP contribution >= 0.6 is 11.3 Å².